The molecule has 0 aromatic carbocycles. The van der Waals surface area contributed by atoms with Gasteiger partial charge in [-0.15, -0.1) is 0 Å². The zero-order chi connectivity index (χ0) is 9.52. The lowest BCUT2D eigenvalue weighted by Crippen LogP contribution is -2.42. The first-order valence-corrected chi connectivity index (χ1v) is 5.05. The van der Waals surface area contributed by atoms with E-state index < -0.39 is 0 Å². The Hall–Kier alpha value is -0.380. The van der Waals surface area contributed by atoms with Gasteiger partial charge in [-0.25, -0.2) is 0 Å². The van der Waals surface area contributed by atoms with Gasteiger partial charge < -0.3 is 10.5 Å². The van der Waals surface area contributed by atoms with E-state index in [1.54, 1.807) is 0 Å². The van der Waals surface area contributed by atoms with Crippen LogP contribution in [-0.2, 0) is 4.74 Å². The van der Waals surface area contributed by atoms with E-state index >= 15 is 0 Å². The molecule has 0 aromatic heterocycles. The molecule has 1 rings (SSSR count). The van der Waals surface area contributed by atoms with E-state index in [-0.39, 0.29) is 0 Å². The molecule has 13 heavy (non-hydrogen) atoms. The third-order valence-corrected chi connectivity index (χ3v) is 2.34. The maximum atomic E-state index is 5.57. The van der Waals surface area contributed by atoms with Crippen molar-refractivity contribution in [2.24, 2.45) is 5.73 Å². The fourth-order valence-corrected chi connectivity index (χ4v) is 1.51. The second-order valence-electron chi connectivity index (χ2n) is 3.37. The van der Waals surface area contributed by atoms with Gasteiger partial charge in [-0.1, -0.05) is 19.1 Å². The SMILES string of the molecule is CCC1CN(CC=CCN)CCO1. The summed E-state index contributed by atoms with van der Waals surface area (Å²) in [6, 6.07) is 0. The normalized spacial score (nSPS) is 25.5. The maximum absolute atomic E-state index is 5.57. The number of ether oxygens (including phenoxy) is 1. The Kier molecular flexibility index (Phi) is 5.05. The van der Waals surface area contributed by atoms with Crippen molar-refractivity contribution in [1.82, 2.24) is 4.90 Å². The number of hydrogen-bond donors (Lipinski definition) is 1. The summed E-state index contributed by atoms with van der Waals surface area (Å²) >= 11 is 0. The van der Waals surface area contributed by atoms with Crippen LogP contribution in [0.1, 0.15) is 13.3 Å². The van der Waals surface area contributed by atoms with E-state index in [9.17, 15) is 0 Å². The molecular weight excluding hydrogens is 164 g/mol. The third kappa shape index (κ3) is 3.89. The fraction of sp³-hybridized carbons (Fsp3) is 0.800. The molecule has 0 aliphatic carbocycles. The molecule has 0 bridgehead atoms. The summed E-state index contributed by atoms with van der Waals surface area (Å²) < 4.78 is 5.57. The van der Waals surface area contributed by atoms with Crippen molar-refractivity contribution in [2.75, 3.05) is 32.8 Å². The molecule has 1 saturated heterocycles. The molecule has 0 radical (unpaired) electrons. The molecule has 1 aliphatic rings. The fourth-order valence-electron chi connectivity index (χ4n) is 1.51. The van der Waals surface area contributed by atoms with Crippen LogP contribution in [0.3, 0.4) is 0 Å². The van der Waals surface area contributed by atoms with Gasteiger partial charge in [0.15, 0.2) is 0 Å². The summed E-state index contributed by atoms with van der Waals surface area (Å²) in [5.41, 5.74) is 5.37. The Labute approximate surface area is 80.5 Å². The minimum atomic E-state index is 0.431. The predicted octanol–water partition coefficient (Wildman–Crippen LogP) is 0.612. The van der Waals surface area contributed by atoms with Crippen LogP contribution >= 0.6 is 0 Å². The van der Waals surface area contributed by atoms with Gasteiger partial charge in [0.1, 0.15) is 0 Å². The summed E-state index contributed by atoms with van der Waals surface area (Å²) in [5, 5.41) is 0. The minimum Gasteiger partial charge on any atom is -0.376 e. The van der Waals surface area contributed by atoms with Gasteiger partial charge in [-0.2, -0.15) is 0 Å². The van der Waals surface area contributed by atoms with Gasteiger partial charge in [0, 0.05) is 26.2 Å². The van der Waals surface area contributed by atoms with Crippen molar-refractivity contribution in [3.63, 3.8) is 0 Å². The second-order valence-corrected chi connectivity index (χ2v) is 3.37. The Bertz CT molecular complexity index is 159. The van der Waals surface area contributed by atoms with E-state index in [4.69, 9.17) is 10.5 Å². The highest BCUT2D eigenvalue weighted by Crippen LogP contribution is 2.07. The highest BCUT2D eigenvalue weighted by molar-refractivity contribution is 4.86. The average molecular weight is 184 g/mol. The molecule has 0 saturated carbocycles. The first-order valence-electron chi connectivity index (χ1n) is 5.05. The lowest BCUT2D eigenvalue weighted by atomic mass is 10.2. The van der Waals surface area contributed by atoms with Gasteiger partial charge in [0.25, 0.3) is 0 Å². The second kappa shape index (κ2) is 6.13. The van der Waals surface area contributed by atoms with Crippen molar-refractivity contribution in [3.05, 3.63) is 12.2 Å². The van der Waals surface area contributed by atoms with Crippen LogP contribution in [0.2, 0.25) is 0 Å². The molecular formula is C10H20N2O. The van der Waals surface area contributed by atoms with Crippen LogP contribution in [0.4, 0.5) is 0 Å². The molecule has 1 unspecified atom stereocenters. The molecule has 3 nitrogen and oxygen atoms in total. The number of nitrogens with two attached hydrogens (primary N) is 1. The number of rotatable bonds is 4. The summed E-state index contributed by atoms with van der Waals surface area (Å²) in [5.74, 6) is 0. The summed E-state index contributed by atoms with van der Waals surface area (Å²) in [4.78, 5) is 2.41. The number of nitrogens with zero attached hydrogens (tertiary/aromatic N) is 1. The van der Waals surface area contributed by atoms with E-state index in [0.717, 1.165) is 32.7 Å². The predicted molar refractivity (Wildman–Crippen MR) is 54.7 cm³/mol. The zero-order valence-corrected chi connectivity index (χ0v) is 8.41. The van der Waals surface area contributed by atoms with Crippen molar-refractivity contribution in [1.29, 1.82) is 0 Å². The molecule has 1 atom stereocenters. The monoisotopic (exact) mass is 184 g/mol. The van der Waals surface area contributed by atoms with Gasteiger partial charge in [0.2, 0.25) is 0 Å². The standard InChI is InChI=1S/C10H20N2O/c1-2-10-9-12(7-8-13-10)6-4-3-5-11/h3-4,10H,2,5-9,11H2,1H3. The molecule has 2 N–H and O–H groups in total. The van der Waals surface area contributed by atoms with Gasteiger partial charge in [-0.3, -0.25) is 4.90 Å². The van der Waals surface area contributed by atoms with Crippen LogP contribution in [0.15, 0.2) is 12.2 Å². The van der Waals surface area contributed by atoms with Gasteiger partial charge in [0.05, 0.1) is 12.7 Å². The van der Waals surface area contributed by atoms with E-state index in [2.05, 4.69) is 17.9 Å². The van der Waals surface area contributed by atoms with Crippen molar-refractivity contribution in [2.45, 2.75) is 19.4 Å². The van der Waals surface area contributed by atoms with E-state index in [1.165, 1.54) is 0 Å². The van der Waals surface area contributed by atoms with Crippen molar-refractivity contribution in [3.8, 4) is 0 Å². The highest BCUT2D eigenvalue weighted by Gasteiger charge is 2.17. The number of hydrogen-bond acceptors (Lipinski definition) is 3. The maximum Gasteiger partial charge on any atom is 0.0700 e. The molecule has 0 amide bonds. The first-order chi connectivity index (χ1) is 6.36. The van der Waals surface area contributed by atoms with Crippen molar-refractivity contribution >= 4 is 0 Å². The number of morpholine rings is 1. The average Bonchev–Trinajstić information content (AvgIpc) is 2.19. The molecule has 1 heterocycles. The summed E-state index contributed by atoms with van der Waals surface area (Å²) in [6.07, 6.45) is 5.69. The lowest BCUT2D eigenvalue weighted by molar-refractivity contribution is -0.0257. The largest absolute Gasteiger partial charge is 0.376 e. The molecule has 76 valence electrons. The van der Waals surface area contributed by atoms with Crippen LogP contribution in [0.25, 0.3) is 0 Å². The van der Waals surface area contributed by atoms with Crippen LogP contribution in [0.5, 0.6) is 0 Å². The summed E-state index contributed by atoms with van der Waals surface area (Å²) in [7, 11) is 0. The minimum absolute atomic E-state index is 0.431. The van der Waals surface area contributed by atoms with Crippen LogP contribution < -0.4 is 5.73 Å². The van der Waals surface area contributed by atoms with E-state index in [1.807, 2.05) is 6.08 Å². The van der Waals surface area contributed by atoms with Crippen LogP contribution in [-0.4, -0.2) is 43.8 Å². The Morgan fingerprint density at radius 2 is 2.38 bits per heavy atom. The molecule has 3 heteroatoms. The van der Waals surface area contributed by atoms with E-state index in [0.29, 0.717) is 12.6 Å². The molecule has 0 spiro atoms. The molecule has 1 fully saturated rings. The smallest absolute Gasteiger partial charge is 0.0700 e. The summed E-state index contributed by atoms with van der Waals surface area (Å²) in [6.45, 7) is 6.80. The topological polar surface area (TPSA) is 38.5 Å². The Morgan fingerprint density at radius 3 is 3.08 bits per heavy atom. The molecule has 0 aromatic rings. The van der Waals surface area contributed by atoms with Gasteiger partial charge in [-0.05, 0) is 6.42 Å². The van der Waals surface area contributed by atoms with Gasteiger partial charge >= 0.3 is 0 Å². The van der Waals surface area contributed by atoms with Crippen LogP contribution in [0, 0.1) is 0 Å². The molecule has 1 aliphatic heterocycles. The highest BCUT2D eigenvalue weighted by atomic mass is 16.5. The quantitative estimate of drug-likeness (QED) is 0.651. The lowest BCUT2D eigenvalue weighted by Gasteiger charge is -2.31. The van der Waals surface area contributed by atoms with Crippen molar-refractivity contribution < 1.29 is 4.74 Å². The first kappa shape index (κ1) is 10.7. The Morgan fingerprint density at radius 1 is 1.54 bits per heavy atom. The third-order valence-electron chi connectivity index (χ3n) is 2.34. The zero-order valence-electron chi connectivity index (χ0n) is 8.41. The Balaban J connectivity index is 2.21.